The van der Waals surface area contributed by atoms with Crippen molar-refractivity contribution < 1.29 is 4.74 Å². The fourth-order valence-electron chi connectivity index (χ4n) is 3.39. The van der Waals surface area contributed by atoms with Gasteiger partial charge in [-0.05, 0) is 32.1 Å². The SMILES string of the molecule is Cc1cc2nc(-c3ccccc3)cc(NCCCC3CCOC3)n2n1. The van der Waals surface area contributed by atoms with Gasteiger partial charge in [0, 0.05) is 37.5 Å². The smallest absolute Gasteiger partial charge is 0.158 e. The zero-order valence-electron chi connectivity index (χ0n) is 14.6. The average molecular weight is 336 g/mol. The lowest BCUT2D eigenvalue weighted by Crippen LogP contribution is -2.10. The second kappa shape index (κ2) is 7.23. The van der Waals surface area contributed by atoms with Crippen LogP contribution < -0.4 is 5.32 Å². The topological polar surface area (TPSA) is 51.5 Å². The van der Waals surface area contributed by atoms with Crippen LogP contribution >= 0.6 is 0 Å². The highest BCUT2D eigenvalue weighted by Crippen LogP contribution is 2.23. The Hall–Kier alpha value is -2.40. The number of nitrogens with zero attached hydrogens (tertiary/aromatic N) is 3. The Morgan fingerprint density at radius 2 is 2.12 bits per heavy atom. The van der Waals surface area contributed by atoms with Crippen LogP contribution in [0.4, 0.5) is 5.82 Å². The van der Waals surface area contributed by atoms with E-state index < -0.39 is 0 Å². The molecule has 2 aromatic heterocycles. The lowest BCUT2D eigenvalue weighted by atomic mass is 10.0. The molecule has 3 aromatic rings. The largest absolute Gasteiger partial charge is 0.381 e. The van der Waals surface area contributed by atoms with Crippen LogP contribution in [-0.4, -0.2) is 34.4 Å². The molecule has 1 saturated heterocycles. The van der Waals surface area contributed by atoms with Crippen LogP contribution in [0, 0.1) is 12.8 Å². The molecule has 1 aliphatic heterocycles. The van der Waals surface area contributed by atoms with Crippen molar-refractivity contribution in [1.82, 2.24) is 14.6 Å². The maximum absolute atomic E-state index is 5.45. The molecule has 5 heteroatoms. The normalized spacial score (nSPS) is 17.2. The van der Waals surface area contributed by atoms with E-state index in [1.54, 1.807) is 0 Å². The summed E-state index contributed by atoms with van der Waals surface area (Å²) < 4.78 is 7.36. The molecule has 1 aromatic carbocycles. The third-order valence-corrected chi connectivity index (χ3v) is 4.74. The highest BCUT2D eigenvalue weighted by Gasteiger charge is 2.15. The maximum Gasteiger partial charge on any atom is 0.158 e. The molecule has 0 amide bonds. The molecular weight excluding hydrogens is 312 g/mol. The number of benzene rings is 1. The molecule has 0 bridgehead atoms. The van der Waals surface area contributed by atoms with Crippen LogP contribution in [0.5, 0.6) is 0 Å². The predicted octanol–water partition coefficient (Wildman–Crippen LogP) is 3.93. The fraction of sp³-hybridized carbons (Fsp3) is 0.400. The van der Waals surface area contributed by atoms with Gasteiger partial charge in [0.2, 0.25) is 0 Å². The zero-order chi connectivity index (χ0) is 17.1. The summed E-state index contributed by atoms with van der Waals surface area (Å²) >= 11 is 0. The summed E-state index contributed by atoms with van der Waals surface area (Å²) in [5, 5.41) is 8.13. The predicted molar refractivity (Wildman–Crippen MR) is 99.8 cm³/mol. The Balaban J connectivity index is 1.53. The molecule has 0 radical (unpaired) electrons. The van der Waals surface area contributed by atoms with E-state index in [0.717, 1.165) is 60.5 Å². The molecule has 130 valence electrons. The summed E-state index contributed by atoms with van der Waals surface area (Å²) in [5.74, 6) is 1.73. The lowest BCUT2D eigenvalue weighted by molar-refractivity contribution is 0.184. The van der Waals surface area contributed by atoms with Crippen molar-refractivity contribution in [3.05, 3.63) is 48.2 Å². The van der Waals surface area contributed by atoms with E-state index in [-0.39, 0.29) is 0 Å². The van der Waals surface area contributed by atoms with Gasteiger partial charge >= 0.3 is 0 Å². The van der Waals surface area contributed by atoms with Crippen LogP contribution in [0.2, 0.25) is 0 Å². The van der Waals surface area contributed by atoms with E-state index in [2.05, 4.69) is 28.6 Å². The molecule has 1 fully saturated rings. The van der Waals surface area contributed by atoms with Crippen molar-refractivity contribution in [3.8, 4) is 11.3 Å². The van der Waals surface area contributed by atoms with Gasteiger partial charge in [-0.15, -0.1) is 0 Å². The van der Waals surface area contributed by atoms with Crippen molar-refractivity contribution in [2.24, 2.45) is 5.92 Å². The second-order valence-corrected chi connectivity index (χ2v) is 6.75. The van der Waals surface area contributed by atoms with E-state index in [9.17, 15) is 0 Å². The van der Waals surface area contributed by atoms with E-state index in [4.69, 9.17) is 9.72 Å². The average Bonchev–Trinajstić information content (AvgIpc) is 3.27. The van der Waals surface area contributed by atoms with E-state index in [1.807, 2.05) is 35.7 Å². The Labute approximate surface area is 148 Å². The second-order valence-electron chi connectivity index (χ2n) is 6.75. The van der Waals surface area contributed by atoms with Crippen LogP contribution in [0.15, 0.2) is 42.5 Å². The molecule has 3 heterocycles. The monoisotopic (exact) mass is 336 g/mol. The van der Waals surface area contributed by atoms with Gasteiger partial charge in [0.25, 0.3) is 0 Å². The van der Waals surface area contributed by atoms with Crippen molar-refractivity contribution in [2.45, 2.75) is 26.2 Å². The number of anilines is 1. The third kappa shape index (κ3) is 3.66. The Bertz CT molecular complexity index is 838. The molecule has 0 saturated carbocycles. The quantitative estimate of drug-likeness (QED) is 0.693. The molecule has 1 atom stereocenters. The summed E-state index contributed by atoms with van der Waals surface area (Å²) in [7, 11) is 0. The van der Waals surface area contributed by atoms with Crippen molar-refractivity contribution in [2.75, 3.05) is 25.1 Å². The Morgan fingerprint density at radius 3 is 2.92 bits per heavy atom. The standard InChI is InChI=1S/C20H24N4O/c1-15-12-20-22-18(17-7-3-2-4-8-17)13-19(24(20)23-15)21-10-5-6-16-9-11-25-14-16/h2-4,7-8,12-13,16,21H,5-6,9-11,14H2,1H3. The minimum Gasteiger partial charge on any atom is -0.381 e. The lowest BCUT2D eigenvalue weighted by Gasteiger charge is -2.12. The van der Waals surface area contributed by atoms with E-state index in [1.165, 1.54) is 12.8 Å². The summed E-state index contributed by atoms with van der Waals surface area (Å²) in [6.07, 6.45) is 3.56. The van der Waals surface area contributed by atoms with Gasteiger partial charge in [0.05, 0.1) is 11.4 Å². The molecule has 25 heavy (non-hydrogen) atoms. The first-order valence-corrected chi connectivity index (χ1v) is 9.04. The Morgan fingerprint density at radius 1 is 1.24 bits per heavy atom. The summed E-state index contributed by atoms with van der Waals surface area (Å²) in [6, 6.07) is 14.4. The molecule has 1 unspecified atom stereocenters. The van der Waals surface area contributed by atoms with E-state index >= 15 is 0 Å². The first-order chi connectivity index (χ1) is 12.3. The van der Waals surface area contributed by atoms with Crippen LogP contribution in [0.25, 0.3) is 16.9 Å². The number of ether oxygens (including phenoxy) is 1. The van der Waals surface area contributed by atoms with Gasteiger partial charge in [-0.25, -0.2) is 4.98 Å². The van der Waals surface area contributed by atoms with Gasteiger partial charge in [-0.1, -0.05) is 30.3 Å². The number of hydrogen-bond donors (Lipinski definition) is 1. The molecule has 4 rings (SSSR count). The first-order valence-electron chi connectivity index (χ1n) is 9.04. The number of rotatable bonds is 6. The molecule has 5 nitrogen and oxygen atoms in total. The van der Waals surface area contributed by atoms with Crippen molar-refractivity contribution in [3.63, 3.8) is 0 Å². The van der Waals surface area contributed by atoms with Gasteiger partial charge in [-0.2, -0.15) is 9.61 Å². The minimum atomic E-state index is 0.728. The van der Waals surface area contributed by atoms with Gasteiger partial charge in [-0.3, -0.25) is 0 Å². The summed E-state index contributed by atoms with van der Waals surface area (Å²) in [5.41, 5.74) is 3.95. The third-order valence-electron chi connectivity index (χ3n) is 4.74. The first kappa shape index (κ1) is 16.1. The van der Waals surface area contributed by atoms with Crippen molar-refractivity contribution >= 4 is 11.5 Å². The van der Waals surface area contributed by atoms with Crippen molar-refractivity contribution in [1.29, 1.82) is 0 Å². The maximum atomic E-state index is 5.45. The molecule has 0 aliphatic carbocycles. The highest BCUT2D eigenvalue weighted by atomic mass is 16.5. The fourth-order valence-corrected chi connectivity index (χ4v) is 3.39. The number of hydrogen-bond acceptors (Lipinski definition) is 4. The zero-order valence-corrected chi connectivity index (χ0v) is 14.6. The van der Waals surface area contributed by atoms with Gasteiger partial charge < -0.3 is 10.1 Å². The number of aryl methyl sites for hydroxylation is 1. The van der Waals surface area contributed by atoms with Crippen LogP contribution in [0.1, 0.15) is 25.0 Å². The highest BCUT2D eigenvalue weighted by molar-refractivity contribution is 5.66. The Kier molecular flexibility index (Phi) is 4.65. The van der Waals surface area contributed by atoms with Gasteiger partial charge in [0.15, 0.2) is 5.65 Å². The van der Waals surface area contributed by atoms with Gasteiger partial charge in [0.1, 0.15) is 5.82 Å². The molecule has 0 spiro atoms. The molecule has 1 aliphatic rings. The summed E-state index contributed by atoms with van der Waals surface area (Å²) in [6.45, 7) is 4.79. The van der Waals surface area contributed by atoms with E-state index in [0.29, 0.717) is 0 Å². The summed E-state index contributed by atoms with van der Waals surface area (Å²) in [4.78, 5) is 4.76. The minimum absolute atomic E-state index is 0.728. The number of aromatic nitrogens is 3. The van der Waals surface area contributed by atoms with Crippen LogP contribution in [0.3, 0.4) is 0 Å². The number of nitrogens with one attached hydrogen (secondary N) is 1. The molecular formula is C20H24N4O. The molecule has 1 N–H and O–H groups in total. The van der Waals surface area contributed by atoms with Crippen LogP contribution in [-0.2, 0) is 4.74 Å². The number of fused-ring (bicyclic) bond motifs is 1.